The van der Waals surface area contributed by atoms with E-state index < -0.39 is 0 Å². The van der Waals surface area contributed by atoms with Crippen LogP contribution in [0.25, 0.3) is 136 Å². The number of para-hydroxylation sites is 4. The topological polar surface area (TPSA) is 13.8 Å². The summed E-state index contributed by atoms with van der Waals surface area (Å²) in [4.78, 5) is 0. The minimum Gasteiger partial charge on any atom is -0.309 e. The number of aromatic nitrogens is 3. The van der Waals surface area contributed by atoms with E-state index in [9.17, 15) is 0 Å². The first-order valence-corrected chi connectivity index (χ1v) is 20.5. The zero-order valence-corrected chi connectivity index (χ0v) is 31.7. The van der Waals surface area contributed by atoms with Crippen LogP contribution in [0.1, 0.15) is 0 Å². The summed E-state index contributed by atoms with van der Waals surface area (Å²) < 4.78 is 7.57. The van der Waals surface area contributed by atoms with Gasteiger partial charge in [0.15, 0.2) is 0 Å². The van der Waals surface area contributed by atoms with Gasteiger partial charge in [-0.15, -0.1) is 0 Å². The third-order valence-corrected chi connectivity index (χ3v) is 13.6. The van der Waals surface area contributed by atoms with E-state index in [1.165, 1.54) is 136 Å². The van der Waals surface area contributed by atoms with Crippen LogP contribution in [-0.4, -0.2) is 13.4 Å². The quantitative estimate of drug-likeness (QED) is 0.167. The van der Waals surface area contributed by atoms with Crippen molar-refractivity contribution < 1.29 is 0 Å². The summed E-state index contributed by atoms with van der Waals surface area (Å²) in [6, 6.07) is 70.3. The minimum atomic E-state index is 1.17. The van der Waals surface area contributed by atoms with Crippen molar-refractivity contribution in [3.8, 4) is 16.8 Å². The number of hydrogen-bond acceptors (Lipinski definition) is 0. The van der Waals surface area contributed by atoms with Gasteiger partial charge in [-0.2, -0.15) is 0 Å². The van der Waals surface area contributed by atoms with E-state index in [4.69, 9.17) is 0 Å². The third-order valence-electron chi connectivity index (χ3n) is 13.6. The van der Waals surface area contributed by atoms with Crippen molar-refractivity contribution >= 4 is 120 Å². The number of rotatable bonds is 2. The van der Waals surface area contributed by atoms with Crippen LogP contribution in [-0.2, 0) is 0 Å². The maximum absolute atomic E-state index is 2.59. The highest BCUT2D eigenvalue weighted by atomic mass is 15.0. The molecule has 0 radical (unpaired) electrons. The molecule has 3 heteroatoms. The lowest BCUT2D eigenvalue weighted by atomic mass is 9.98. The van der Waals surface area contributed by atoms with Gasteiger partial charge in [0, 0.05) is 70.5 Å². The summed E-state index contributed by atoms with van der Waals surface area (Å²) in [6.45, 7) is 0. The smallest absolute Gasteiger partial charge is 0.0627 e. The Morgan fingerprint density at radius 1 is 0.271 bits per heavy atom. The summed E-state index contributed by atoms with van der Waals surface area (Å²) in [7, 11) is 0. The Hall–Kier alpha value is -7.88. The van der Waals surface area contributed by atoms with Gasteiger partial charge >= 0.3 is 0 Å². The van der Waals surface area contributed by atoms with Crippen molar-refractivity contribution in [2.45, 2.75) is 0 Å². The van der Waals surface area contributed by atoms with E-state index in [0.717, 1.165) is 0 Å². The van der Waals surface area contributed by atoms with Crippen molar-refractivity contribution in [3.63, 3.8) is 0 Å². The van der Waals surface area contributed by atoms with Gasteiger partial charge in [-0.05, 0) is 70.3 Å². The van der Waals surface area contributed by atoms with Crippen molar-refractivity contribution in [1.29, 1.82) is 0 Å². The molecule has 0 aliphatic carbocycles. The lowest BCUT2D eigenvalue weighted by molar-refractivity contribution is 1.18. The van der Waals surface area contributed by atoms with E-state index in [0.29, 0.717) is 0 Å². The second-order valence-electron chi connectivity index (χ2n) is 16.4. The van der Waals surface area contributed by atoms with Gasteiger partial charge in [-0.1, -0.05) is 140 Å². The Bertz CT molecular complexity index is 4290. The molecule has 3 nitrogen and oxygen atoms in total. The molecule has 0 amide bonds. The van der Waals surface area contributed by atoms with Gasteiger partial charge in [0.1, 0.15) is 0 Å². The number of benzene rings is 10. The molecule has 0 saturated carbocycles. The molecule has 0 unspecified atom stereocenters. The van der Waals surface area contributed by atoms with E-state index in [1.807, 2.05) is 0 Å². The van der Waals surface area contributed by atoms with Gasteiger partial charge in [-0.3, -0.25) is 0 Å². The second-order valence-corrected chi connectivity index (χ2v) is 16.4. The number of hydrogen-bond donors (Lipinski definition) is 0. The van der Waals surface area contributed by atoms with E-state index in [1.54, 1.807) is 0 Å². The highest BCUT2D eigenvalue weighted by Gasteiger charge is 2.25. The summed E-state index contributed by atoms with van der Waals surface area (Å²) in [5, 5.41) is 18.1. The van der Waals surface area contributed by atoms with Gasteiger partial charge in [0.25, 0.3) is 0 Å². The van der Waals surface area contributed by atoms with Crippen LogP contribution in [0.15, 0.2) is 188 Å². The predicted octanol–water partition coefficient (Wildman–Crippen LogP) is 15.1. The molecule has 0 N–H and O–H groups in total. The summed E-state index contributed by atoms with van der Waals surface area (Å²) in [5.74, 6) is 0. The number of fused-ring (bicyclic) bond motifs is 19. The van der Waals surface area contributed by atoms with Crippen LogP contribution >= 0.6 is 0 Å². The van der Waals surface area contributed by atoms with Gasteiger partial charge in [0.2, 0.25) is 0 Å². The monoisotopic (exact) mass is 745 g/mol. The first-order chi connectivity index (χ1) is 29.3. The second kappa shape index (κ2) is 10.5. The molecule has 5 heterocycles. The summed E-state index contributed by atoms with van der Waals surface area (Å²) >= 11 is 0. The molecule has 0 saturated heterocycles. The molecule has 5 aromatic heterocycles. The zero-order chi connectivity index (χ0) is 38.1. The van der Waals surface area contributed by atoms with Crippen molar-refractivity contribution in [2.24, 2.45) is 0 Å². The third kappa shape index (κ3) is 3.62. The van der Waals surface area contributed by atoms with Gasteiger partial charge in [-0.25, -0.2) is 0 Å². The van der Waals surface area contributed by atoms with Gasteiger partial charge < -0.3 is 13.4 Å². The van der Waals surface area contributed by atoms with Crippen LogP contribution in [0.2, 0.25) is 0 Å². The highest BCUT2D eigenvalue weighted by molar-refractivity contribution is 6.35. The minimum absolute atomic E-state index is 1.17. The molecule has 15 rings (SSSR count). The Kier molecular flexibility index (Phi) is 5.41. The molecule has 270 valence electrons. The first kappa shape index (κ1) is 30.3. The maximum atomic E-state index is 2.59. The Morgan fingerprint density at radius 3 is 1.71 bits per heavy atom. The van der Waals surface area contributed by atoms with E-state index in [2.05, 4.69) is 201 Å². The molecule has 0 spiro atoms. The molecule has 0 atom stereocenters. The molecular weight excluding hydrogens is 715 g/mol. The van der Waals surface area contributed by atoms with Crippen molar-refractivity contribution in [2.75, 3.05) is 0 Å². The maximum Gasteiger partial charge on any atom is 0.0627 e. The molecule has 0 aliphatic rings. The Balaban J connectivity index is 1.09. The van der Waals surface area contributed by atoms with Crippen LogP contribution in [0.4, 0.5) is 0 Å². The lowest BCUT2D eigenvalue weighted by Crippen LogP contribution is -1.93. The Morgan fingerprint density at radius 2 is 0.864 bits per heavy atom. The molecule has 10 aromatic carbocycles. The average molecular weight is 746 g/mol. The van der Waals surface area contributed by atoms with Crippen molar-refractivity contribution in [3.05, 3.63) is 188 Å². The fraction of sp³-hybridized carbons (Fsp3) is 0. The van der Waals surface area contributed by atoms with Gasteiger partial charge in [0.05, 0.1) is 44.1 Å². The Labute approximate surface area is 336 Å². The van der Waals surface area contributed by atoms with Crippen LogP contribution in [0, 0.1) is 0 Å². The molecule has 0 bridgehead atoms. The zero-order valence-electron chi connectivity index (χ0n) is 31.7. The standard InChI is InChI=1S/C56H31N3/c1-2-14-35(15-3-1)57-48-23-9-8-18-39(48)44-28-34(25-27-49(44)57)38-19-10-20-40-41-21-11-22-42-45-30-51-46(31-50(45)58(53(38)40)55(41)42)47-29-33-13-5-6-16-36(33)52-43-26-24-32-12-4-7-17-37(32)54(43)59(51)56(47)52/h1-31H. The fourth-order valence-electron chi connectivity index (χ4n) is 11.3. The highest BCUT2D eigenvalue weighted by Crippen LogP contribution is 2.49. The van der Waals surface area contributed by atoms with Crippen LogP contribution < -0.4 is 0 Å². The van der Waals surface area contributed by atoms with E-state index in [-0.39, 0.29) is 0 Å². The average Bonchev–Trinajstić information content (AvgIpc) is 4.08. The van der Waals surface area contributed by atoms with E-state index >= 15 is 0 Å². The predicted molar refractivity (Wildman–Crippen MR) is 251 cm³/mol. The van der Waals surface area contributed by atoms with Crippen LogP contribution in [0.5, 0.6) is 0 Å². The molecule has 59 heavy (non-hydrogen) atoms. The molecule has 0 aliphatic heterocycles. The lowest BCUT2D eigenvalue weighted by Gasteiger charge is -2.09. The summed E-state index contributed by atoms with van der Waals surface area (Å²) in [5.41, 5.74) is 13.7. The SMILES string of the molecule is c1ccc(-n2c3ccccc3c3cc(-c4cccc5c6cccc7c8cc9c(cc8n(c45)c76)c4cc5ccccc5c5c6ccc7ccccc7c6n9c45)ccc32)cc1. The largest absolute Gasteiger partial charge is 0.309 e. The fourth-order valence-corrected chi connectivity index (χ4v) is 11.3. The summed E-state index contributed by atoms with van der Waals surface area (Å²) in [6.07, 6.45) is 0. The number of nitrogens with zero attached hydrogens (tertiary/aromatic N) is 3. The molecule has 0 fully saturated rings. The normalized spacial score (nSPS) is 12.7. The van der Waals surface area contributed by atoms with Crippen molar-refractivity contribution in [1.82, 2.24) is 13.4 Å². The first-order valence-electron chi connectivity index (χ1n) is 20.5. The molecule has 15 aromatic rings. The molecular formula is C56H31N3. The van der Waals surface area contributed by atoms with Crippen LogP contribution in [0.3, 0.4) is 0 Å².